The summed E-state index contributed by atoms with van der Waals surface area (Å²) in [6, 6.07) is -0.133. The van der Waals surface area contributed by atoms with E-state index in [9.17, 15) is 0 Å². The SMILES string of the molecule is CN=C(NC)NC(C)CO.C[C@H](CO)N=C(N)N. The van der Waals surface area contributed by atoms with Gasteiger partial charge in [-0.1, -0.05) is 0 Å². The summed E-state index contributed by atoms with van der Waals surface area (Å²) in [7, 11) is 3.46. The molecule has 0 aliphatic heterocycles. The van der Waals surface area contributed by atoms with Crippen LogP contribution in [0.3, 0.4) is 0 Å². The summed E-state index contributed by atoms with van der Waals surface area (Å²) in [5.41, 5.74) is 9.97. The van der Waals surface area contributed by atoms with Crippen LogP contribution in [0.2, 0.25) is 0 Å². The standard InChI is InChI=1S/C6H15N3O.C4H11N3O/c1-5(4-10)9-6(7-2)8-3;1-3(2-8)7-4(5)6/h5,10H,4H2,1-3H3,(H2,7,8,9);3,8H,2H2,1H3,(H4,5,6,7)/t;3-/m.1/s1. The molecule has 8 N–H and O–H groups in total. The highest BCUT2D eigenvalue weighted by Crippen LogP contribution is 1.82. The molecule has 0 spiro atoms. The van der Waals surface area contributed by atoms with Crippen molar-refractivity contribution in [2.75, 3.05) is 27.3 Å². The molecule has 0 aliphatic carbocycles. The monoisotopic (exact) mass is 262 g/mol. The summed E-state index contributed by atoms with van der Waals surface area (Å²) in [5.74, 6) is 0.716. The Morgan fingerprint density at radius 2 is 1.78 bits per heavy atom. The molecular formula is C10H26N6O2. The molecule has 18 heavy (non-hydrogen) atoms. The van der Waals surface area contributed by atoms with Crippen LogP contribution < -0.4 is 22.1 Å². The van der Waals surface area contributed by atoms with Crippen molar-refractivity contribution in [2.24, 2.45) is 21.5 Å². The quantitative estimate of drug-likeness (QED) is 0.251. The van der Waals surface area contributed by atoms with Gasteiger partial charge in [-0.05, 0) is 13.8 Å². The Hall–Kier alpha value is -1.54. The van der Waals surface area contributed by atoms with Gasteiger partial charge in [-0.15, -0.1) is 0 Å². The van der Waals surface area contributed by atoms with E-state index in [0.29, 0.717) is 5.96 Å². The van der Waals surface area contributed by atoms with Crippen LogP contribution in [0.5, 0.6) is 0 Å². The molecule has 0 radical (unpaired) electrons. The lowest BCUT2D eigenvalue weighted by molar-refractivity contribution is 0.263. The van der Waals surface area contributed by atoms with Crippen LogP contribution >= 0.6 is 0 Å². The highest BCUT2D eigenvalue weighted by molar-refractivity contribution is 5.79. The number of hydrogen-bond acceptors (Lipinski definition) is 4. The molecule has 0 saturated heterocycles. The number of nitrogens with one attached hydrogen (secondary N) is 2. The van der Waals surface area contributed by atoms with Gasteiger partial charge in [-0.25, -0.2) is 4.99 Å². The van der Waals surface area contributed by atoms with Gasteiger partial charge in [0.25, 0.3) is 0 Å². The number of rotatable bonds is 4. The first-order valence-electron chi connectivity index (χ1n) is 5.62. The van der Waals surface area contributed by atoms with Crippen LogP contribution in [0.4, 0.5) is 0 Å². The van der Waals surface area contributed by atoms with E-state index in [0.717, 1.165) is 0 Å². The van der Waals surface area contributed by atoms with Crippen LogP contribution in [0.25, 0.3) is 0 Å². The Morgan fingerprint density at radius 1 is 1.22 bits per heavy atom. The molecule has 8 nitrogen and oxygen atoms in total. The zero-order valence-corrected chi connectivity index (χ0v) is 11.5. The fourth-order valence-electron chi connectivity index (χ4n) is 0.823. The topological polar surface area (TPSA) is 141 Å². The van der Waals surface area contributed by atoms with Gasteiger partial charge in [0.1, 0.15) is 0 Å². The third kappa shape index (κ3) is 12.5. The van der Waals surface area contributed by atoms with Crippen molar-refractivity contribution >= 4 is 11.9 Å². The Kier molecular flexibility index (Phi) is 12.5. The van der Waals surface area contributed by atoms with Crippen molar-refractivity contribution in [1.29, 1.82) is 0 Å². The van der Waals surface area contributed by atoms with Gasteiger partial charge in [-0.3, -0.25) is 4.99 Å². The van der Waals surface area contributed by atoms with Gasteiger partial charge in [0.15, 0.2) is 11.9 Å². The number of aliphatic hydroxyl groups is 2. The van der Waals surface area contributed by atoms with Gasteiger partial charge < -0.3 is 32.3 Å². The summed E-state index contributed by atoms with van der Waals surface area (Å²) in [4.78, 5) is 7.50. The van der Waals surface area contributed by atoms with Crippen LogP contribution in [-0.2, 0) is 0 Å². The Labute approximate surface area is 108 Å². The highest BCUT2D eigenvalue weighted by Gasteiger charge is 1.99. The largest absolute Gasteiger partial charge is 0.394 e. The molecule has 0 aliphatic rings. The molecule has 0 amide bonds. The second-order valence-electron chi connectivity index (χ2n) is 3.64. The van der Waals surface area contributed by atoms with E-state index in [1.165, 1.54) is 0 Å². The first-order valence-corrected chi connectivity index (χ1v) is 5.62. The Morgan fingerprint density at radius 3 is 2.00 bits per heavy atom. The molecule has 0 aromatic heterocycles. The number of aliphatic hydroxyl groups excluding tert-OH is 2. The first-order chi connectivity index (χ1) is 8.40. The van der Waals surface area contributed by atoms with Gasteiger partial charge >= 0.3 is 0 Å². The van der Waals surface area contributed by atoms with E-state index in [4.69, 9.17) is 21.7 Å². The molecule has 108 valence electrons. The van der Waals surface area contributed by atoms with E-state index < -0.39 is 0 Å². The molecule has 8 heteroatoms. The third-order valence-electron chi connectivity index (χ3n) is 1.75. The fraction of sp³-hybridized carbons (Fsp3) is 0.800. The summed E-state index contributed by atoms with van der Waals surface area (Å²) in [6.45, 7) is 3.70. The molecule has 0 heterocycles. The van der Waals surface area contributed by atoms with E-state index in [1.807, 2.05) is 6.92 Å². The Balaban J connectivity index is 0. The van der Waals surface area contributed by atoms with Crippen molar-refractivity contribution < 1.29 is 10.2 Å². The summed E-state index contributed by atoms with van der Waals surface area (Å²) < 4.78 is 0. The second-order valence-corrected chi connectivity index (χ2v) is 3.64. The summed E-state index contributed by atoms with van der Waals surface area (Å²) in [5, 5.41) is 22.8. The minimum atomic E-state index is -0.181. The lowest BCUT2D eigenvalue weighted by Crippen LogP contribution is -2.41. The predicted molar refractivity (Wildman–Crippen MR) is 74.5 cm³/mol. The third-order valence-corrected chi connectivity index (χ3v) is 1.75. The fourth-order valence-corrected chi connectivity index (χ4v) is 0.823. The second kappa shape index (κ2) is 11.9. The zero-order chi connectivity index (χ0) is 14.6. The van der Waals surface area contributed by atoms with Gasteiger partial charge in [0.05, 0.1) is 19.3 Å². The molecule has 0 bridgehead atoms. The average molecular weight is 262 g/mol. The molecule has 0 saturated carbocycles. The minimum absolute atomic E-state index is 0.0160. The van der Waals surface area contributed by atoms with Crippen LogP contribution in [0.1, 0.15) is 13.8 Å². The molecule has 2 atom stereocenters. The molecule has 0 aromatic carbocycles. The van der Waals surface area contributed by atoms with Gasteiger partial charge in [0.2, 0.25) is 0 Å². The van der Waals surface area contributed by atoms with Crippen molar-refractivity contribution in [3.8, 4) is 0 Å². The Bertz CT molecular complexity index is 253. The van der Waals surface area contributed by atoms with Crippen molar-refractivity contribution in [3.05, 3.63) is 0 Å². The molecule has 0 fully saturated rings. The van der Waals surface area contributed by atoms with Crippen molar-refractivity contribution in [2.45, 2.75) is 25.9 Å². The molecule has 0 rings (SSSR count). The maximum absolute atomic E-state index is 8.63. The number of nitrogens with zero attached hydrogens (tertiary/aromatic N) is 2. The number of aliphatic imine (C=N–C) groups is 2. The molecule has 1 unspecified atom stereocenters. The lowest BCUT2D eigenvalue weighted by Gasteiger charge is -2.12. The van der Waals surface area contributed by atoms with Gasteiger partial charge in [0, 0.05) is 20.1 Å². The van der Waals surface area contributed by atoms with Crippen LogP contribution in [0, 0.1) is 0 Å². The molecule has 0 aromatic rings. The highest BCUT2D eigenvalue weighted by atomic mass is 16.3. The van der Waals surface area contributed by atoms with Crippen LogP contribution in [-0.4, -0.2) is 61.5 Å². The van der Waals surface area contributed by atoms with E-state index >= 15 is 0 Å². The summed E-state index contributed by atoms with van der Waals surface area (Å²) >= 11 is 0. The van der Waals surface area contributed by atoms with Crippen molar-refractivity contribution in [1.82, 2.24) is 10.6 Å². The first kappa shape index (κ1) is 18.8. The number of nitrogens with two attached hydrogens (primary N) is 2. The zero-order valence-electron chi connectivity index (χ0n) is 11.5. The minimum Gasteiger partial charge on any atom is -0.394 e. The van der Waals surface area contributed by atoms with E-state index in [-0.39, 0.29) is 31.3 Å². The number of guanidine groups is 2. The smallest absolute Gasteiger partial charge is 0.191 e. The normalized spacial score (nSPS) is 13.8. The maximum Gasteiger partial charge on any atom is 0.191 e. The predicted octanol–water partition coefficient (Wildman–Crippen LogP) is -2.20. The molecular weight excluding hydrogens is 236 g/mol. The van der Waals surface area contributed by atoms with Crippen LogP contribution in [0.15, 0.2) is 9.98 Å². The van der Waals surface area contributed by atoms with Crippen molar-refractivity contribution in [3.63, 3.8) is 0 Å². The average Bonchev–Trinajstić information content (AvgIpc) is 2.35. The maximum atomic E-state index is 8.63. The van der Waals surface area contributed by atoms with E-state index in [2.05, 4.69) is 20.6 Å². The van der Waals surface area contributed by atoms with Gasteiger partial charge in [-0.2, -0.15) is 0 Å². The lowest BCUT2D eigenvalue weighted by atomic mass is 10.4. The number of hydrogen-bond donors (Lipinski definition) is 6. The van der Waals surface area contributed by atoms with E-state index in [1.54, 1.807) is 21.0 Å². The summed E-state index contributed by atoms with van der Waals surface area (Å²) in [6.07, 6.45) is 0.